The molecule has 0 saturated heterocycles. The Balaban J connectivity index is 1.93. The number of carbonyl (C=O) groups is 2. The lowest BCUT2D eigenvalue weighted by Crippen LogP contribution is -2.54. The van der Waals surface area contributed by atoms with Gasteiger partial charge in [-0.3, -0.25) is 9.78 Å². The van der Waals surface area contributed by atoms with Gasteiger partial charge in [0.25, 0.3) is 0 Å². The van der Waals surface area contributed by atoms with E-state index in [1.165, 1.54) is 18.3 Å². The first-order valence-electron chi connectivity index (χ1n) is 10.8. The Labute approximate surface area is 197 Å². The summed E-state index contributed by atoms with van der Waals surface area (Å²) in [5.74, 6) is -0.654. The molecule has 0 aliphatic carbocycles. The van der Waals surface area contributed by atoms with E-state index >= 15 is 0 Å². The van der Waals surface area contributed by atoms with Crippen molar-refractivity contribution in [1.82, 2.24) is 15.6 Å². The predicted octanol–water partition coefficient (Wildman–Crippen LogP) is 3.29. The van der Waals surface area contributed by atoms with E-state index in [1.807, 2.05) is 60.7 Å². The van der Waals surface area contributed by atoms with Crippen molar-refractivity contribution in [1.29, 1.82) is 0 Å². The van der Waals surface area contributed by atoms with Crippen LogP contribution in [0.15, 0.2) is 72.4 Å². The lowest BCUT2D eigenvalue weighted by Gasteiger charge is -2.35. The highest BCUT2D eigenvalue weighted by atomic mass is 32.1. The summed E-state index contributed by atoms with van der Waals surface area (Å²) in [4.78, 5) is 28.8. The predicted molar refractivity (Wildman–Crippen MR) is 128 cm³/mol. The third-order valence-electron chi connectivity index (χ3n) is 5.58. The van der Waals surface area contributed by atoms with Gasteiger partial charge in [-0.05, 0) is 30.4 Å². The summed E-state index contributed by atoms with van der Waals surface area (Å²) in [5, 5.41) is 26.5. The number of hydrogen-bond donors (Lipinski definition) is 4. The molecule has 0 aliphatic rings. The second-order valence-corrected chi connectivity index (χ2v) is 9.04. The number of carbonyl (C=O) groups excluding carboxylic acids is 1. The second kappa shape index (κ2) is 12.1. The van der Waals surface area contributed by atoms with Crippen molar-refractivity contribution in [3.05, 3.63) is 88.4 Å². The molecule has 1 aromatic heterocycles. The van der Waals surface area contributed by atoms with Crippen molar-refractivity contribution in [2.24, 2.45) is 5.92 Å². The molecule has 4 N–H and O–H groups in total. The summed E-state index contributed by atoms with van der Waals surface area (Å²) in [5.41, 5.74) is 3.65. The monoisotopic (exact) mass is 467 g/mol. The molecular weight excluding hydrogens is 438 g/mol. The SMILES string of the molecule is CC(=O)NC(Cc1ccccc1)C(Cc1cncs1)C(O)C(Cc1ccccc1)NC(=O)O. The van der Waals surface area contributed by atoms with Crippen molar-refractivity contribution in [2.75, 3.05) is 0 Å². The van der Waals surface area contributed by atoms with E-state index in [9.17, 15) is 19.8 Å². The summed E-state index contributed by atoms with van der Waals surface area (Å²) in [7, 11) is 0. The molecule has 7 nitrogen and oxygen atoms in total. The van der Waals surface area contributed by atoms with Gasteiger partial charge in [0.2, 0.25) is 5.91 Å². The number of amides is 2. The zero-order valence-electron chi connectivity index (χ0n) is 18.4. The second-order valence-electron chi connectivity index (χ2n) is 8.07. The zero-order chi connectivity index (χ0) is 23.6. The van der Waals surface area contributed by atoms with E-state index in [0.717, 1.165) is 16.0 Å². The lowest BCUT2D eigenvalue weighted by atomic mass is 9.81. The lowest BCUT2D eigenvalue weighted by molar-refractivity contribution is -0.120. The molecule has 2 aromatic carbocycles. The quantitative estimate of drug-likeness (QED) is 0.346. The molecule has 3 aromatic rings. The molecule has 0 aliphatic heterocycles. The molecule has 33 heavy (non-hydrogen) atoms. The number of aromatic nitrogens is 1. The molecule has 4 unspecified atom stereocenters. The number of thiazole rings is 1. The fraction of sp³-hybridized carbons (Fsp3) is 0.320. The highest BCUT2D eigenvalue weighted by molar-refractivity contribution is 7.09. The van der Waals surface area contributed by atoms with E-state index in [4.69, 9.17) is 0 Å². The van der Waals surface area contributed by atoms with Crippen molar-refractivity contribution < 1.29 is 19.8 Å². The molecule has 174 valence electrons. The molecule has 4 atom stereocenters. The van der Waals surface area contributed by atoms with Crippen molar-refractivity contribution in [3.8, 4) is 0 Å². The van der Waals surface area contributed by atoms with Crippen molar-refractivity contribution in [3.63, 3.8) is 0 Å². The minimum Gasteiger partial charge on any atom is -0.465 e. The standard InChI is InChI=1S/C25H29N3O4S/c1-17(29)27-22(12-18-8-4-2-5-9-18)21(14-20-15-26-16-33-20)24(30)23(28-25(31)32)13-19-10-6-3-7-11-19/h2-11,15-16,21-24,28,30H,12-14H2,1H3,(H,27,29)(H,31,32). The van der Waals surface area contributed by atoms with Crippen LogP contribution in [0.2, 0.25) is 0 Å². The molecule has 0 radical (unpaired) electrons. The van der Waals surface area contributed by atoms with Gasteiger partial charge in [0.1, 0.15) is 0 Å². The zero-order valence-corrected chi connectivity index (χ0v) is 19.2. The molecular formula is C25H29N3O4S. The molecule has 3 rings (SSSR count). The van der Waals surface area contributed by atoms with Gasteiger partial charge in [-0.15, -0.1) is 11.3 Å². The Bertz CT molecular complexity index is 999. The normalized spacial score (nSPS) is 14.6. The Hall–Kier alpha value is -3.23. The molecule has 0 bridgehead atoms. The van der Waals surface area contributed by atoms with Crippen LogP contribution in [-0.2, 0) is 24.1 Å². The smallest absolute Gasteiger partial charge is 0.404 e. The maximum Gasteiger partial charge on any atom is 0.404 e. The van der Waals surface area contributed by atoms with Crippen LogP contribution in [0.4, 0.5) is 4.79 Å². The van der Waals surface area contributed by atoms with Crippen LogP contribution in [0.1, 0.15) is 22.9 Å². The third kappa shape index (κ3) is 7.69. The Morgan fingerprint density at radius 3 is 1.97 bits per heavy atom. The number of carboxylic acid groups (broad SMARTS) is 1. The van der Waals surface area contributed by atoms with Crippen LogP contribution in [-0.4, -0.2) is 45.4 Å². The topological polar surface area (TPSA) is 112 Å². The third-order valence-corrected chi connectivity index (χ3v) is 6.38. The van der Waals surface area contributed by atoms with Crippen molar-refractivity contribution >= 4 is 23.3 Å². The van der Waals surface area contributed by atoms with Gasteiger partial charge in [0, 0.05) is 30.0 Å². The number of benzene rings is 2. The number of nitrogens with one attached hydrogen (secondary N) is 2. The van der Waals surface area contributed by atoms with Gasteiger partial charge in [-0.1, -0.05) is 60.7 Å². The van der Waals surface area contributed by atoms with Gasteiger partial charge in [-0.2, -0.15) is 0 Å². The van der Waals surface area contributed by atoms with E-state index in [-0.39, 0.29) is 5.91 Å². The fourth-order valence-electron chi connectivity index (χ4n) is 4.10. The van der Waals surface area contributed by atoms with Gasteiger partial charge in [0.05, 0.1) is 17.7 Å². The van der Waals surface area contributed by atoms with Gasteiger partial charge in [-0.25, -0.2) is 4.79 Å². The summed E-state index contributed by atoms with van der Waals surface area (Å²) in [6.45, 7) is 1.45. The molecule has 2 amide bonds. The number of hydrogen-bond acceptors (Lipinski definition) is 5. The molecule has 0 spiro atoms. The van der Waals surface area contributed by atoms with Crippen LogP contribution in [0, 0.1) is 5.92 Å². The van der Waals surface area contributed by atoms with E-state index in [0.29, 0.717) is 19.3 Å². The van der Waals surface area contributed by atoms with Crippen LogP contribution in [0.25, 0.3) is 0 Å². The molecule has 1 heterocycles. The average molecular weight is 468 g/mol. The first kappa shape index (κ1) is 24.4. The highest BCUT2D eigenvalue weighted by Crippen LogP contribution is 2.25. The minimum atomic E-state index is -1.20. The van der Waals surface area contributed by atoms with Gasteiger partial charge >= 0.3 is 6.09 Å². The largest absolute Gasteiger partial charge is 0.465 e. The Morgan fingerprint density at radius 2 is 1.48 bits per heavy atom. The Morgan fingerprint density at radius 1 is 0.909 bits per heavy atom. The van der Waals surface area contributed by atoms with E-state index in [1.54, 1.807) is 11.7 Å². The number of aliphatic hydroxyl groups excluding tert-OH is 1. The average Bonchev–Trinajstić information content (AvgIpc) is 3.30. The van der Waals surface area contributed by atoms with Gasteiger partial charge < -0.3 is 20.8 Å². The van der Waals surface area contributed by atoms with Crippen LogP contribution in [0.3, 0.4) is 0 Å². The number of aliphatic hydroxyl groups is 1. The molecule has 0 saturated carbocycles. The first-order valence-corrected chi connectivity index (χ1v) is 11.7. The summed E-state index contributed by atoms with van der Waals surface area (Å²) < 4.78 is 0. The number of nitrogens with zero attached hydrogens (tertiary/aromatic N) is 1. The highest BCUT2D eigenvalue weighted by Gasteiger charge is 2.35. The summed E-state index contributed by atoms with van der Waals surface area (Å²) in [6, 6.07) is 18.0. The Kier molecular flexibility index (Phi) is 8.97. The van der Waals surface area contributed by atoms with E-state index in [2.05, 4.69) is 15.6 Å². The minimum absolute atomic E-state index is 0.205. The molecule has 8 heteroatoms. The van der Waals surface area contributed by atoms with Gasteiger partial charge in [0.15, 0.2) is 0 Å². The summed E-state index contributed by atoms with van der Waals surface area (Å²) in [6.07, 6.45) is 0.775. The van der Waals surface area contributed by atoms with E-state index < -0.39 is 30.2 Å². The maximum absolute atomic E-state index is 12.1. The summed E-state index contributed by atoms with van der Waals surface area (Å²) >= 11 is 1.47. The fourth-order valence-corrected chi connectivity index (χ4v) is 4.76. The van der Waals surface area contributed by atoms with Crippen LogP contribution in [0.5, 0.6) is 0 Å². The maximum atomic E-state index is 12.1. The molecule has 0 fully saturated rings. The van der Waals surface area contributed by atoms with Crippen LogP contribution < -0.4 is 10.6 Å². The number of rotatable bonds is 11. The van der Waals surface area contributed by atoms with Crippen LogP contribution >= 0.6 is 11.3 Å². The van der Waals surface area contributed by atoms with Crippen molar-refractivity contribution in [2.45, 2.75) is 44.4 Å². The first-order chi connectivity index (χ1) is 15.9.